The lowest BCUT2D eigenvalue weighted by atomic mass is 10.2. The molecule has 1 aromatic rings. The van der Waals surface area contributed by atoms with Crippen molar-refractivity contribution in [2.75, 3.05) is 26.8 Å². The quantitative estimate of drug-likeness (QED) is 0.543. The van der Waals surface area contributed by atoms with E-state index in [2.05, 4.69) is 10.0 Å². The highest BCUT2D eigenvalue weighted by molar-refractivity contribution is 7.89. The summed E-state index contributed by atoms with van der Waals surface area (Å²) >= 11 is 0. The maximum absolute atomic E-state index is 12.0. The van der Waals surface area contributed by atoms with Crippen LogP contribution in [0.2, 0.25) is 0 Å². The van der Waals surface area contributed by atoms with E-state index in [-0.39, 0.29) is 35.8 Å². The molecule has 0 aliphatic heterocycles. The van der Waals surface area contributed by atoms with Gasteiger partial charge in [0.2, 0.25) is 10.0 Å². The van der Waals surface area contributed by atoms with Crippen LogP contribution in [-0.2, 0) is 14.8 Å². The number of sulfonamides is 1. The number of benzene rings is 1. The second kappa shape index (κ2) is 9.33. The first-order valence-corrected chi connectivity index (χ1v) is 9.05. The van der Waals surface area contributed by atoms with Crippen molar-refractivity contribution < 1.29 is 17.9 Å². The summed E-state index contributed by atoms with van der Waals surface area (Å²) in [6, 6.07) is 5.78. The van der Waals surface area contributed by atoms with Crippen molar-refractivity contribution in [3.63, 3.8) is 0 Å². The van der Waals surface area contributed by atoms with E-state index in [0.717, 1.165) is 12.8 Å². The maximum atomic E-state index is 12.0. The van der Waals surface area contributed by atoms with Gasteiger partial charge in [-0.1, -0.05) is 0 Å². The number of nitrogens with one attached hydrogen (secondary N) is 2. The number of carbonyl (C=O) groups excluding carboxylic acids is 1. The van der Waals surface area contributed by atoms with Gasteiger partial charge in [0.15, 0.2) is 0 Å². The molecule has 9 heteroatoms. The fourth-order valence-corrected chi connectivity index (χ4v) is 3.16. The Morgan fingerprint density at radius 1 is 1.33 bits per heavy atom. The molecule has 0 aromatic heterocycles. The summed E-state index contributed by atoms with van der Waals surface area (Å²) in [6.45, 7) is 0.920. The number of hydrogen-bond acceptors (Lipinski definition) is 5. The first kappa shape index (κ1) is 20.9. The molecule has 1 atom stereocenters. The molecule has 1 saturated carbocycles. The smallest absolute Gasteiger partial charge is 0.251 e. The van der Waals surface area contributed by atoms with Crippen molar-refractivity contribution in [1.82, 2.24) is 10.0 Å². The van der Waals surface area contributed by atoms with Crippen LogP contribution >= 0.6 is 12.4 Å². The first-order valence-electron chi connectivity index (χ1n) is 7.56. The molecule has 0 spiro atoms. The lowest BCUT2D eigenvalue weighted by Gasteiger charge is -2.12. The lowest BCUT2D eigenvalue weighted by Crippen LogP contribution is -2.38. The number of rotatable bonds is 9. The van der Waals surface area contributed by atoms with Crippen molar-refractivity contribution in [2.24, 2.45) is 11.7 Å². The van der Waals surface area contributed by atoms with Gasteiger partial charge in [-0.15, -0.1) is 12.4 Å². The van der Waals surface area contributed by atoms with Crippen molar-refractivity contribution in [3.8, 4) is 0 Å². The monoisotopic (exact) mass is 377 g/mol. The van der Waals surface area contributed by atoms with Gasteiger partial charge in [0.1, 0.15) is 0 Å². The van der Waals surface area contributed by atoms with Crippen molar-refractivity contribution in [1.29, 1.82) is 0 Å². The molecular weight excluding hydrogens is 354 g/mol. The molecule has 7 nitrogen and oxygen atoms in total. The van der Waals surface area contributed by atoms with Crippen LogP contribution in [0, 0.1) is 5.92 Å². The average molecular weight is 378 g/mol. The molecule has 4 N–H and O–H groups in total. The van der Waals surface area contributed by atoms with E-state index in [1.54, 1.807) is 0 Å². The van der Waals surface area contributed by atoms with Gasteiger partial charge < -0.3 is 15.8 Å². The van der Waals surface area contributed by atoms with E-state index in [4.69, 9.17) is 10.5 Å². The Bertz CT molecular complexity index is 633. The van der Waals surface area contributed by atoms with Crippen LogP contribution in [0.1, 0.15) is 23.2 Å². The number of halogens is 1. The molecule has 1 amide bonds. The zero-order chi connectivity index (χ0) is 16.9. The second-order valence-electron chi connectivity index (χ2n) is 5.63. The van der Waals surface area contributed by atoms with Gasteiger partial charge in [0, 0.05) is 31.8 Å². The summed E-state index contributed by atoms with van der Waals surface area (Å²) in [7, 11) is -2.09. The Kier molecular flexibility index (Phi) is 8.11. The molecule has 136 valence electrons. The Morgan fingerprint density at radius 2 is 1.96 bits per heavy atom. The predicted molar refractivity (Wildman–Crippen MR) is 93.8 cm³/mol. The minimum atomic E-state index is -3.59. The molecule has 24 heavy (non-hydrogen) atoms. The molecule has 1 unspecified atom stereocenters. The zero-order valence-corrected chi connectivity index (χ0v) is 15.2. The topological polar surface area (TPSA) is 111 Å². The van der Waals surface area contributed by atoms with Crippen LogP contribution in [0.15, 0.2) is 29.2 Å². The largest absolute Gasteiger partial charge is 0.383 e. The Hall–Kier alpha value is -1.19. The number of hydrogen-bond donors (Lipinski definition) is 3. The highest BCUT2D eigenvalue weighted by atomic mass is 35.5. The van der Waals surface area contributed by atoms with Crippen molar-refractivity contribution in [3.05, 3.63) is 29.8 Å². The molecule has 0 saturated heterocycles. The van der Waals surface area contributed by atoms with Gasteiger partial charge in [0.25, 0.3) is 5.91 Å². The van der Waals surface area contributed by atoms with Crippen LogP contribution in [0.3, 0.4) is 0 Å². The zero-order valence-electron chi connectivity index (χ0n) is 13.5. The summed E-state index contributed by atoms with van der Waals surface area (Å²) < 4.78 is 31.2. The SMILES string of the molecule is COCCNS(=O)(=O)c1ccc(C(=O)NCC(N)C2CC2)cc1.Cl. The molecule has 1 aromatic carbocycles. The van der Waals surface area contributed by atoms with Crippen LogP contribution < -0.4 is 15.8 Å². The average Bonchev–Trinajstić information content (AvgIpc) is 3.37. The summed E-state index contributed by atoms with van der Waals surface area (Å²) in [5, 5.41) is 2.77. The Morgan fingerprint density at radius 3 is 2.50 bits per heavy atom. The van der Waals surface area contributed by atoms with E-state index < -0.39 is 10.0 Å². The van der Waals surface area contributed by atoms with E-state index >= 15 is 0 Å². The predicted octanol–water partition coefficient (Wildman–Crippen LogP) is 0.500. The van der Waals surface area contributed by atoms with E-state index in [0.29, 0.717) is 24.6 Å². The third kappa shape index (κ3) is 6.03. The van der Waals surface area contributed by atoms with E-state index in [9.17, 15) is 13.2 Å². The van der Waals surface area contributed by atoms with Gasteiger partial charge in [0.05, 0.1) is 11.5 Å². The minimum absolute atomic E-state index is 0. The molecule has 1 aliphatic carbocycles. The number of methoxy groups -OCH3 is 1. The number of carbonyl (C=O) groups is 1. The molecule has 0 radical (unpaired) electrons. The summed E-state index contributed by atoms with van der Waals surface area (Å²) in [5.41, 5.74) is 6.34. The lowest BCUT2D eigenvalue weighted by molar-refractivity contribution is 0.0950. The fourth-order valence-electron chi connectivity index (χ4n) is 2.15. The number of nitrogens with two attached hydrogens (primary N) is 1. The number of amides is 1. The molecule has 1 fully saturated rings. The van der Waals surface area contributed by atoms with Gasteiger partial charge in [-0.3, -0.25) is 4.79 Å². The van der Waals surface area contributed by atoms with Crippen LogP contribution in [-0.4, -0.2) is 47.2 Å². The maximum Gasteiger partial charge on any atom is 0.251 e. The molecule has 0 heterocycles. The van der Waals surface area contributed by atoms with Crippen LogP contribution in [0.25, 0.3) is 0 Å². The van der Waals surface area contributed by atoms with Gasteiger partial charge in [-0.05, 0) is 43.0 Å². The third-order valence-electron chi connectivity index (χ3n) is 3.75. The molecule has 0 bridgehead atoms. The van der Waals surface area contributed by atoms with Gasteiger partial charge >= 0.3 is 0 Å². The summed E-state index contributed by atoms with van der Waals surface area (Å²) in [6.07, 6.45) is 2.25. The van der Waals surface area contributed by atoms with Gasteiger partial charge in [-0.25, -0.2) is 13.1 Å². The Balaban J connectivity index is 0.00000288. The Labute approximate surface area is 148 Å². The highest BCUT2D eigenvalue weighted by Gasteiger charge is 2.28. The highest BCUT2D eigenvalue weighted by Crippen LogP contribution is 2.31. The third-order valence-corrected chi connectivity index (χ3v) is 5.23. The summed E-state index contributed by atoms with van der Waals surface area (Å²) in [5.74, 6) is 0.262. The molecule has 1 aliphatic rings. The normalized spacial score (nSPS) is 15.4. The van der Waals surface area contributed by atoms with Crippen molar-refractivity contribution in [2.45, 2.75) is 23.8 Å². The van der Waals surface area contributed by atoms with Crippen LogP contribution in [0.5, 0.6) is 0 Å². The molecule has 2 rings (SSSR count). The molecular formula is C15H24ClN3O4S. The van der Waals surface area contributed by atoms with E-state index in [1.807, 2.05) is 0 Å². The van der Waals surface area contributed by atoms with Crippen LogP contribution in [0.4, 0.5) is 0 Å². The second-order valence-corrected chi connectivity index (χ2v) is 7.39. The van der Waals surface area contributed by atoms with Gasteiger partial charge in [-0.2, -0.15) is 0 Å². The summed E-state index contributed by atoms with van der Waals surface area (Å²) in [4.78, 5) is 12.1. The van der Waals surface area contributed by atoms with Crippen molar-refractivity contribution >= 4 is 28.3 Å². The van der Waals surface area contributed by atoms with E-state index in [1.165, 1.54) is 31.4 Å². The minimum Gasteiger partial charge on any atom is -0.383 e. The number of ether oxygens (including phenoxy) is 1. The standard InChI is InChI=1S/C15H23N3O4S.ClH/c1-22-9-8-18-23(20,21)13-6-4-12(5-7-13)15(19)17-10-14(16)11-2-3-11;/h4-7,11,14,18H,2-3,8-10,16H2,1H3,(H,17,19);1H. The first-order chi connectivity index (χ1) is 10.9. The fraction of sp³-hybridized carbons (Fsp3) is 0.533.